The first-order chi connectivity index (χ1) is 12.8. The lowest BCUT2D eigenvalue weighted by Gasteiger charge is -2.18. The molecule has 0 unspecified atom stereocenters. The molecule has 27 heavy (non-hydrogen) atoms. The highest BCUT2D eigenvalue weighted by Crippen LogP contribution is 2.29. The fourth-order valence-electron chi connectivity index (χ4n) is 3.09. The number of hydrogen-bond donors (Lipinski definition) is 2. The molecule has 142 valence electrons. The van der Waals surface area contributed by atoms with Gasteiger partial charge in [0.2, 0.25) is 0 Å². The van der Waals surface area contributed by atoms with Crippen molar-refractivity contribution in [3.05, 3.63) is 51.4 Å². The predicted molar refractivity (Wildman–Crippen MR) is 101 cm³/mol. The summed E-state index contributed by atoms with van der Waals surface area (Å²) in [5.41, 5.74) is 1.80. The summed E-state index contributed by atoms with van der Waals surface area (Å²) in [6.45, 7) is 3.62. The third-order valence-corrected chi connectivity index (χ3v) is 4.44. The molecule has 8 heteroatoms. The SMILES string of the molecule is COc1ccc(OC)c([C@@H](C)NC(=O)c2cc(C)nc3c2c(=O)[nH]n3C)c1. The first kappa shape index (κ1) is 18.5. The number of nitrogens with one attached hydrogen (secondary N) is 2. The Bertz CT molecular complexity index is 1070. The van der Waals surface area contributed by atoms with Gasteiger partial charge in [-0.2, -0.15) is 0 Å². The highest BCUT2D eigenvalue weighted by Gasteiger charge is 2.21. The van der Waals surface area contributed by atoms with Crippen molar-refractivity contribution in [2.24, 2.45) is 7.05 Å². The number of rotatable bonds is 5. The van der Waals surface area contributed by atoms with Crippen LogP contribution in [0.4, 0.5) is 0 Å². The van der Waals surface area contributed by atoms with Crippen LogP contribution in [0.5, 0.6) is 11.5 Å². The van der Waals surface area contributed by atoms with E-state index in [1.54, 1.807) is 46.4 Å². The normalized spacial score (nSPS) is 12.0. The molecular formula is C19H22N4O4. The third-order valence-electron chi connectivity index (χ3n) is 4.44. The number of pyridine rings is 1. The Morgan fingerprint density at radius 3 is 2.67 bits per heavy atom. The molecule has 0 bridgehead atoms. The number of fused-ring (bicyclic) bond motifs is 1. The second kappa shape index (κ2) is 7.14. The molecule has 0 spiro atoms. The summed E-state index contributed by atoms with van der Waals surface area (Å²) in [5, 5.41) is 5.84. The number of hydrogen-bond acceptors (Lipinski definition) is 5. The highest BCUT2D eigenvalue weighted by molar-refractivity contribution is 6.05. The van der Waals surface area contributed by atoms with Crippen LogP contribution in [-0.4, -0.2) is 34.9 Å². The Kier molecular flexibility index (Phi) is 4.89. The van der Waals surface area contributed by atoms with Crippen molar-refractivity contribution in [1.82, 2.24) is 20.1 Å². The van der Waals surface area contributed by atoms with Gasteiger partial charge in [0.05, 0.1) is 31.2 Å². The van der Waals surface area contributed by atoms with Crippen LogP contribution in [0.2, 0.25) is 0 Å². The van der Waals surface area contributed by atoms with Crippen molar-refractivity contribution >= 4 is 16.9 Å². The summed E-state index contributed by atoms with van der Waals surface area (Å²) in [7, 11) is 4.83. The number of methoxy groups -OCH3 is 2. The van der Waals surface area contributed by atoms with Crippen molar-refractivity contribution in [2.45, 2.75) is 19.9 Å². The number of ether oxygens (including phenoxy) is 2. The average molecular weight is 370 g/mol. The smallest absolute Gasteiger partial charge is 0.274 e. The van der Waals surface area contributed by atoms with Gasteiger partial charge in [0.25, 0.3) is 11.5 Å². The molecule has 1 amide bonds. The van der Waals surface area contributed by atoms with Crippen molar-refractivity contribution < 1.29 is 14.3 Å². The van der Waals surface area contributed by atoms with Crippen LogP contribution in [0.3, 0.4) is 0 Å². The lowest BCUT2D eigenvalue weighted by Crippen LogP contribution is -2.28. The standard InChI is InChI=1S/C19H22N4O4/c1-10-8-14(16-17(20-10)23(3)22-19(16)25)18(24)21-11(2)13-9-12(26-4)6-7-15(13)27-5/h6-9,11H,1-5H3,(H,21,24)(H,22,25)/t11-/m1/s1. The molecule has 3 rings (SSSR count). The van der Waals surface area contributed by atoms with Gasteiger partial charge in [0, 0.05) is 18.3 Å². The average Bonchev–Trinajstić information content (AvgIpc) is 2.94. The van der Waals surface area contributed by atoms with Gasteiger partial charge in [-0.25, -0.2) is 4.98 Å². The molecule has 0 aliphatic rings. The van der Waals surface area contributed by atoms with E-state index in [1.807, 2.05) is 13.0 Å². The van der Waals surface area contributed by atoms with Crippen LogP contribution in [0, 0.1) is 6.92 Å². The van der Waals surface area contributed by atoms with Gasteiger partial charge in [-0.1, -0.05) is 0 Å². The molecule has 1 atom stereocenters. The lowest BCUT2D eigenvalue weighted by molar-refractivity contribution is 0.0941. The van der Waals surface area contributed by atoms with E-state index in [-0.39, 0.29) is 28.5 Å². The maximum atomic E-state index is 12.9. The van der Waals surface area contributed by atoms with Crippen LogP contribution < -0.4 is 20.3 Å². The molecule has 2 N–H and O–H groups in total. The Morgan fingerprint density at radius 2 is 2.00 bits per heavy atom. The molecule has 8 nitrogen and oxygen atoms in total. The van der Waals surface area contributed by atoms with E-state index < -0.39 is 0 Å². The van der Waals surface area contributed by atoms with Crippen molar-refractivity contribution in [1.29, 1.82) is 0 Å². The number of nitrogens with zero attached hydrogens (tertiary/aromatic N) is 2. The summed E-state index contributed by atoms with van der Waals surface area (Å²) in [4.78, 5) is 29.5. The molecule has 3 aromatic rings. The lowest BCUT2D eigenvalue weighted by atomic mass is 10.1. The number of aryl methyl sites for hydroxylation is 2. The first-order valence-electron chi connectivity index (χ1n) is 8.44. The molecule has 1 aromatic carbocycles. The molecule has 0 fully saturated rings. The summed E-state index contributed by atoms with van der Waals surface area (Å²) in [6, 6.07) is 6.63. The van der Waals surface area contributed by atoms with E-state index in [1.165, 1.54) is 4.68 Å². The largest absolute Gasteiger partial charge is 0.497 e. The predicted octanol–water partition coefficient (Wildman–Crippen LogP) is 2.08. The van der Waals surface area contributed by atoms with Crippen LogP contribution in [0.25, 0.3) is 11.0 Å². The molecule has 0 aliphatic heterocycles. The molecule has 0 saturated carbocycles. The Hall–Kier alpha value is -3.29. The molecule has 0 saturated heterocycles. The number of amides is 1. The molecule has 2 aromatic heterocycles. The third kappa shape index (κ3) is 3.38. The zero-order valence-electron chi connectivity index (χ0n) is 15.9. The van der Waals surface area contributed by atoms with Crippen LogP contribution in [0.15, 0.2) is 29.1 Å². The maximum Gasteiger partial charge on any atom is 0.274 e. The van der Waals surface area contributed by atoms with Crippen molar-refractivity contribution in [3.63, 3.8) is 0 Å². The summed E-state index contributed by atoms with van der Waals surface area (Å²) in [5.74, 6) is 0.935. The topological polar surface area (TPSA) is 98.2 Å². The van der Waals surface area contributed by atoms with Gasteiger partial charge >= 0.3 is 0 Å². The molecule has 2 heterocycles. The van der Waals surface area contributed by atoms with E-state index in [0.717, 1.165) is 5.56 Å². The van der Waals surface area contributed by atoms with Gasteiger partial charge in [0.1, 0.15) is 11.5 Å². The van der Waals surface area contributed by atoms with Crippen LogP contribution >= 0.6 is 0 Å². The fourth-order valence-corrected chi connectivity index (χ4v) is 3.09. The quantitative estimate of drug-likeness (QED) is 0.716. The van der Waals surface area contributed by atoms with Gasteiger partial charge in [-0.3, -0.25) is 19.4 Å². The minimum absolute atomic E-state index is 0.269. The van der Waals surface area contributed by atoms with Crippen molar-refractivity contribution in [2.75, 3.05) is 14.2 Å². The number of benzene rings is 1. The number of H-pyrrole nitrogens is 1. The van der Waals surface area contributed by atoms with E-state index in [9.17, 15) is 9.59 Å². The Morgan fingerprint density at radius 1 is 1.26 bits per heavy atom. The summed E-state index contributed by atoms with van der Waals surface area (Å²) in [6.07, 6.45) is 0. The fraction of sp³-hybridized carbons (Fsp3) is 0.316. The van der Waals surface area contributed by atoms with Gasteiger partial charge in [-0.15, -0.1) is 0 Å². The first-order valence-corrected chi connectivity index (χ1v) is 8.44. The number of aromatic amines is 1. The monoisotopic (exact) mass is 370 g/mol. The summed E-state index contributed by atoms with van der Waals surface area (Å²) >= 11 is 0. The number of carbonyl (C=O) groups excluding carboxylic acids is 1. The van der Waals surface area contributed by atoms with Gasteiger partial charge in [-0.05, 0) is 38.1 Å². The second-order valence-corrected chi connectivity index (χ2v) is 6.31. The van der Waals surface area contributed by atoms with Crippen LogP contribution in [0.1, 0.15) is 34.6 Å². The van der Waals surface area contributed by atoms with Crippen LogP contribution in [-0.2, 0) is 7.05 Å². The molecular weight excluding hydrogens is 348 g/mol. The highest BCUT2D eigenvalue weighted by atomic mass is 16.5. The number of carbonyl (C=O) groups is 1. The zero-order chi connectivity index (χ0) is 19.7. The van der Waals surface area contributed by atoms with Gasteiger partial charge < -0.3 is 14.8 Å². The minimum Gasteiger partial charge on any atom is -0.497 e. The second-order valence-electron chi connectivity index (χ2n) is 6.31. The minimum atomic E-state index is -0.367. The van der Waals surface area contributed by atoms with E-state index >= 15 is 0 Å². The maximum absolute atomic E-state index is 12.9. The van der Waals surface area contributed by atoms with E-state index in [0.29, 0.717) is 22.8 Å². The zero-order valence-corrected chi connectivity index (χ0v) is 15.9. The molecule has 0 aliphatic carbocycles. The number of aromatic nitrogens is 3. The molecule has 0 radical (unpaired) electrons. The van der Waals surface area contributed by atoms with E-state index in [2.05, 4.69) is 15.4 Å². The Labute approximate surface area is 156 Å². The Balaban J connectivity index is 1.99. The summed E-state index contributed by atoms with van der Waals surface area (Å²) < 4.78 is 12.2. The van der Waals surface area contributed by atoms with Crippen molar-refractivity contribution in [3.8, 4) is 11.5 Å². The van der Waals surface area contributed by atoms with Gasteiger partial charge in [0.15, 0.2) is 5.65 Å². The van der Waals surface area contributed by atoms with E-state index in [4.69, 9.17) is 9.47 Å².